The molecule has 0 aliphatic heterocycles. The van der Waals surface area contributed by atoms with Gasteiger partial charge in [0.1, 0.15) is 0 Å². The number of halogens is 4. The van der Waals surface area contributed by atoms with E-state index in [-0.39, 0.29) is 17.7 Å². The number of carbonyl (C=O) groups is 4. The van der Waals surface area contributed by atoms with Gasteiger partial charge in [-0.05, 0) is 0 Å². The van der Waals surface area contributed by atoms with Gasteiger partial charge in [0, 0.05) is 0 Å². The summed E-state index contributed by atoms with van der Waals surface area (Å²) in [6, 6.07) is 0. The fourth-order valence-electron chi connectivity index (χ4n) is 0.792. The molecule has 0 bridgehead atoms. The van der Waals surface area contributed by atoms with E-state index in [1.165, 1.54) is 0 Å². The molecule has 0 N–H and O–H groups in total. The molecule has 0 aromatic rings. The van der Waals surface area contributed by atoms with Gasteiger partial charge in [-0.15, -0.1) is 0 Å². The van der Waals surface area contributed by atoms with Crippen LogP contribution in [-0.2, 0) is 31.5 Å². The standard InChI is InChI=1S/4C2H3IO2.Sn/c4*3-1-2(4)5;/h4*1H2,(H,4,5);/q;;;;+4/p-4. The molecule has 0 amide bonds. The Morgan fingerprint density at radius 2 is 0.762 bits per heavy atom. The van der Waals surface area contributed by atoms with Gasteiger partial charge in [0.05, 0.1) is 0 Å². The maximum absolute atomic E-state index is 11.5. The fourth-order valence-corrected chi connectivity index (χ4v) is 9.49. The summed E-state index contributed by atoms with van der Waals surface area (Å²) in [4.78, 5) is 45.9. The number of alkyl halides is 4. The molecule has 0 aromatic carbocycles. The molecule has 0 spiro atoms. The third-order valence-corrected chi connectivity index (χ3v) is 9.34. The molecule has 0 saturated heterocycles. The van der Waals surface area contributed by atoms with Gasteiger partial charge in [-0.3, -0.25) is 0 Å². The van der Waals surface area contributed by atoms with Gasteiger partial charge in [0.15, 0.2) is 0 Å². The molecular formula is C8H8I4O8Sn. The van der Waals surface area contributed by atoms with E-state index in [0.29, 0.717) is 0 Å². The second-order valence-corrected chi connectivity index (χ2v) is 11.2. The fraction of sp³-hybridized carbons (Fsp3) is 0.500. The molecule has 0 aromatic heterocycles. The third-order valence-electron chi connectivity index (χ3n) is 1.39. The van der Waals surface area contributed by atoms with Crippen molar-refractivity contribution in [3.05, 3.63) is 0 Å². The van der Waals surface area contributed by atoms with Gasteiger partial charge < -0.3 is 0 Å². The van der Waals surface area contributed by atoms with Crippen molar-refractivity contribution in [3.8, 4) is 0 Å². The summed E-state index contributed by atoms with van der Waals surface area (Å²) in [6.45, 7) is 0. The minimum absolute atomic E-state index is 0.0816. The number of hydrogen-bond donors (Lipinski definition) is 0. The summed E-state index contributed by atoms with van der Waals surface area (Å²) >= 11 is 1.43. The first-order valence-electron chi connectivity index (χ1n) is 4.93. The molecule has 0 rings (SSSR count). The van der Waals surface area contributed by atoms with Crippen LogP contribution in [0.1, 0.15) is 0 Å². The Bertz CT molecular complexity index is 340. The van der Waals surface area contributed by atoms with Crippen molar-refractivity contribution in [2.24, 2.45) is 0 Å². The van der Waals surface area contributed by atoms with E-state index in [2.05, 4.69) is 0 Å². The van der Waals surface area contributed by atoms with Crippen molar-refractivity contribution >= 4 is 134 Å². The zero-order valence-electron chi connectivity index (χ0n) is 10.1. The van der Waals surface area contributed by atoms with E-state index in [1.54, 1.807) is 90.4 Å². The van der Waals surface area contributed by atoms with Crippen molar-refractivity contribution in [3.63, 3.8) is 0 Å². The molecule has 120 valence electrons. The van der Waals surface area contributed by atoms with E-state index in [1.807, 2.05) is 0 Å². The van der Waals surface area contributed by atoms with Crippen LogP contribution in [0, 0.1) is 0 Å². The average Bonchev–Trinajstić information content (AvgIpc) is 2.46. The van der Waals surface area contributed by atoms with Crippen molar-refractivity contribution in [2.45, 2.75) is 0 Å². The van der Waals surface area contributed by atoms with Crippen LogP contribution in [0.25, 0.3) is 0 Å². The second kappa shape index (κ2) is 12.0. The second-order valence-electron chi connectivity index (χ2n) is 2.93. The van der Waals surface area contributed by atoms with Gasteiger partial charge in [-0.2, -0.15) is 0 Å². The van der Waals surface area contributed by atoms with Crippen LogP contribution in [0.15, 0.2) is 0 Å². The Morgan fingerprint density at radius 1 is 0.571 bits per heavy atom. The van der Waals surface area contributed by atoms with Gasteiger partial charge in [-0.25, -0.2) is 0 Å². The molecule has 13 heteroatoms. The zero-order chi connectivity index (χ0) is 16.5. The number of hydrogen-bond acceptors (Lipinski definition) is 8. The Hall–Kier alpha value is 1.60. The van der Waals surface area contributed by atoms with E-state index < -0.39 is 43.9 Å². The SMILES string of the molecule is O=C(CI)[O][Sn]([O]C(=O)CI)([O]C(=O)CI)[O]C(=O)CI. The molecule has 0 unspecified atom stereocenters. The first kappa shape index (κ1) is 22.6. The minimum atomic E-state index is -5.43. The Morgan fingerprint density at radius 3 is 0.905 bits per heavy atom. The van der Waals surface area contributed by atoms with E-state index in [9.17, 15) is 19.2 Å². The summed E-state index contributed by atoms with van der Waals surface area (Å²) in [5.74, 6) is -3.18. The predicted molar refractivity (Wildman–Crippen MR) is 106 cm³/mol. The van der Waals surface area contributed by atoms with Gasteiger partial charge in [0.2, 0.25) is 0 Å². The van der Waals surface area contributed by atoms with Gasteiger partial charge in [-0.1, -0.05) is 0 Å². The van der Waals surface area contributed by atoms with Gasteiger partial charge in [0.25, 0.3) is 0 Å². The first-order chi connectivity index (χ1) is 9.82. The van der Waals surface area contributed by atoms with Crippen LogP contribution in [0.3, 0.4) is 0 Å². The quantitative estimate of drug-likeness (QED) is 0.205. The molecule has 0 aliphatic rings. The van der Waals surface area contributed by atoms with Crippen molar-refractivity contribution in [1.29, 1.82) is 0 Å². The summed E-state index contributed by atoms with van der Waals surface area (Å²) < 4.78 is 19.4. The summed E-state index contributed by atoms with van der Waals surface area (Å²) in [7, 11) is 0. The van der Waals surface area contributed by atoms with Crippen LogP contribution in [0.4, 0.5) is 0 Å². The van der Waals surface area contributed by atoms with E-state index in [4.69, 9.17) is 12.3 Å². The molecule has 0 saturated carbocycles. The first-order valence-corrected chi connectivity index (χ1v) is 15.7. The number of rotatable bonds is 8. The zero-order valence-corrected chi connectivity index (χ0v) is 21.6. The predicted octanol–water partition coefficient (Wildman–Crippen LogP) is 1.33. The van der Waals surface area contributed by atoms with Crippen LogP contribution in [-0.4, -0.2) is 61.6 Å². The van der Waals surface area contributed by atoms with Crippen LogP contribution < -0.4 is 0 Å². The molecule has 0 radical (unpaired) electrons. The summed E-state index contributed by atoms with van der Waals surface area (Å²) in [5, 5.41) is 0. The Kier molecular flexibility index (Phi) is 12.9. The molecule has 8 nitrogen and oxygen atoms in total. The normalized spacial score (nSPS) is 10.5. The Balaban J connectivity index is 5.43. The molecule has 0 heterocycles. The average molecular weight is 858 g/mol. The molecule has 0 atom stereocenters. The van der Waals surface area contributed by atoms with Crippen LogP contribution in [0.5, 0.6) is 0 Å². The van der Waals surface area contributed by atoms with Gasteiger partial charge >= 0.3 is 183 Å². The van der Waals surface area contributed by atoms with E-state index in [0.717, 1.165) is 0 Å². The third kappa shape index (κ3) is 9.47. The monoisotopic (exact) mass is 860 g/mol. The Labute approximate surface area is 180 Å². The van der Waals surface area contributed by atoms with Crippen LogP contribution >= 0.6 is 90.4 Å². The molecule has 21 heavy (non-hydrogen) atoms. The topological polar surface area (TPSA) is 105 Å². The number of carbonyl (C=O) groups excluding carboxylic acids is 4. The molecule has 0 fully saturated rings. The summed E-state index contributed by atoms with van der Waals surface area (Å²) in [6.07, 6.45) is 0. The van der Waals surface area contributed by atoms with Crippen molar-refractivity contribution < 1.29 is 31.5 Å². The molecule has 0 aliphatic carbocycles. The van der Waals surface area contributed by atoms with Crippen molar-refractivity contribution in [1.82, 2.24) is 0 Å². The maximum atomic E-state index is 11.5. The summed E-state index contributed by atoms with van der Waals surface area (Å²) in [5.41, 5.74) is 0. The van der Waals surface area contributed by atoms with Crippen LogP contribution in [0.2, 0.25) is 0 Å². The van der Waals surface area contributed by atoms with E-state index >= 15 is 0 Å². The molecular weight excluding hydrogens is 850 g/mol. The van der Waals surface area contributed by atoms with Crippen molar-refractivity contribution in [2.75, 3.05) is 17.7 Å².